The van der Waals surface area contributed by atoms with Crippen LogP contribution in [0.2, 0.25) is 0 Å². The Hall–Kier alpha value is -2.86. The summed E-state index contributed by atoms with van der Waals surface area (Å²) in [6, 6.07) is 17.6. The maximum absolute atomic E-state index is 13.5. The molecule has 2 aliphatic rings. The van der Waals surface area contributed by atoms with E-state index < -0.39 is 11.6 Å². The molecular weight excluding hydrogens is 438 g/mol. The van der Waals surface area contributed by atoms with Crippen LogP contribution < -0.4 is 10.1 Å². The minimum Gasteiger partial charge on any atom is -0.457 e. The molecule has 2 fully saturated rings. The van der Waals surface area contributed by atoms with Gasteiger partial charge >= 0.3 is 0 Å². The number of hydrogen-bond acceptors (Lipinski definition) is 4. The number of para-hydroxylation sites is 1. The minimum atomic E-state index is -0.732. The molecule has 35 heavy (non-hydrogen) atoms. The van der Waals surface area contributed by atoms with E-state index in [1.165, 1.54) is 5.56 Å². The summed E-state index contributed by atoms with van der Waals surface area (Å²) in [6.07, 6.45) is 2.86. The number of hydrogen-bond donors (Lipinski definition) is 1. The molecule has 6 heteroatoms. The first kappa shape index (κ1) is 25.2. The summed E-state index contributed by atoms with van der Waals surface area (Å²) in [5.41, 5.74) is 0.477. The van der Waals surface area contributed by atoms with Gasteiger partial charge in [-0.2, -0.15) is 0 Å². The van der Waals surface area contributed by atoms with Crippen LogP contribution in [0.5, 0.6) is 11.5 Å². The Balaban J connectivity index is 1.40. The summed E-state index contributed by atoms with van der Waals surface area (Å²) in [7, 11) is 0. The number of nitrogens with one attached hydrogen (secondary N) is 1. The minimum absolute atomic E-state index is 0.0325. The number of ether oxygens (including phenoxy) is 1. The predicted molar refractivity (Wildman–Crippen MR) is 138 cm³/mol. The fourth-order valence-electron chi connectivity index (χ4n) is 5.39. The lowest BCUT2D eigenvalue weighted by molar-refractivity contribution is -0.165. The molecule has 2 unspecified atom stereocenters. The second kappa shape index (κ2) is 10.8. The van der Waals surface area contributed by atoms with Crippen LogP contribution in [0.15, 0.2) is 54.6 Å². The third-order valence-electron chi connectivity index (χ3n) is 7.46. The van der Waals surface area contributed by atoms with Crippen molar-refractivity contribution in [2.75, 3.05) is 13.1 Å². The number of rotatable bonds is 8. The number of piperidine rings is 1. The fourth-order valence-corrected chi connectivity index (χ4v) is 5.39. The Morgan fingerprint density at radius 2 is 1.60 bits per heavy atom. The third kappa shape index (κ3) is 5.53. The van der Waals surface area contributed by atoms with Crippen molar-refractivity contribution in [3.63, 3.8) is 0 Å². The van der Waals surface area contributed by atoms with Gasteiger partial charge in [0.1, 0.15) is 23.1 Å². The van der Waals surface area contributed by atoms with E-state index in [-0.39, 0.29) is 17.9 Å². The van der Waals surface area contributed by atoms with Gasteiger partial charge in [-0.15, -0.1) is 0 Å². The SMILES string of the molecule is CCC(C)N1C(=O)C(CC(C)C)NC(=O)C12CCN(Cc1ccc(Oc3ccccc3)cc1)CC2. The molecule has 2 heterocycles. The van der Waals surface area contributed by atoms with E-state index in [1.807, 2.05) is 47.4 Å². The van der Waals surface area contributed by atoms with Crippen molar-refractivity contribution < 1.29 is 14.3 Å². The second-order valence-electron chi connectivity index (χ2n) is 10.5. The number of carbonyl (C=O) groups excluding carboxylic acids is 2. The van der Waals surface area contributed by atoms with Crippen molar-refractivity contribution >= 4 is 11.8 Å². The van der Waals surface area contributed by atoms with Crippen molar-refractivity contribution in [3.05, 3.63) is 60.2 Å². The molecule has 0 aromatic heterocycles. The van der Waals surface area contributed by atoms with Gasteiger partial charge in [-0.05, 0) is 68.4 Å². The maximum Gasteiger partial charge on any atom is 0.246 e. The molecule has 2 aliphatic heterocycles. The summed E-state index contributed by atoms with van der Waals surface area (Å²) in [4.78, 5) is 31.3. The molecule has 2 atom stereocenters. The molecule has 0 saturated carbocycles. The van der Waals surface area contributed by atoms with E-state index >= 15 is 0 Å². The normalized spacial score (nSPS) is 21.3. The van der Waals surface area contributed by atoms with Crippen LogP contribution in [-0.4, -0.2) is 52.3 Å². The Labute approximate surface area is 209 Å². The van der Waals surface area contributed by atoms with Crippen LogP contribution in [0.25, 0.3) is 0 Å². The molecule has 0 bridgehead atoms. The maximum atomic E-state index is 13.5. The first-order valence-corrected chi connectivity index (χ1v) is 13.0. The number of nitrogens with zero attached hydrogens (tertiary/aromatic N) is 2. The number of amides is 2. The van der Waals surface area contributed by atoms with Gasteiger partial charge in [0.05, 0.1) is 0 Å². The lowest BCUT2D eigenvalue weighted by atomic mass is 9.79. The molecule has 2 amide bonds. The molecule has 2 aromatic rings. The van der Waals surface area contributed by atoms with Crippen LogP contribution in [0.4, 0.5) is 0 Å². The second-order valence-corrected chi connectivity index (χ2v) is 10.5. The van der Waals surface area contributed by atoms with Gasteiger partial charge in [0.15, 0.2) is 0 Å². The highest BCUT2D eigenvalue weighted by Gasteiger charge is 2.54. The number of benzene rings is 2. The first-order valence-electron chi connectivity index (χ1n) is 13.0. The average Bonchev–Trinajstić information content (AvgIpc) is 2.85. The summed E-state index contributed by atoms with van der Waals surface area (Å²) < 4.78 is 5.90. The van der Waals surface area contributed by atoms with Gasteiger partial charge in [0, 0.05) is 25.7 Å². The highest BCUT2D eigenvalue weighted by atomic mass is 16.5. The molecule has 188 valence electrons. The standard InChI is InChI=1S/C29H39N3O3/c1-5-22(4)32-27(33)26(19-21(2)3)30-28(34)29(32)15-17-31(18-16-29)20-23-11-13-25(14-12-23)35-24-9-7-6-8-10-24/h6-14,21-22,26H,5,15-20H2,1-4H3,(H,30,34). The van der Waals surface area contributed by atoms with Crippen molar-refractivity contribution in [2.45, 2.75) is 77.5 Å². The van der Waals surface area contributed by atoms with E-state index in [9.17, 15) is 9.59 Å². The number of piperazine rings is 1. The highest BCUT2D eigenvalue weighted by Crippen LogP contribution is 2.36. The van der Waals surface area contributed by atoms with Gasteiger partial charge in [0.25, 0.3) is 0 Å². The third-order valence-corrected chi connectivity index (χ3v) is 7.46. The van der Waals surface area contributed by atoms with Crippen molar-refractivity contribution in [3.8, 4) is 11.5 Å². The molecule has 2 aromatic carbocycles. The summed E-state index contributed by atoms with van der Waals surface area (Å²) >= 11 is 0. The Morgan fingerprint density at radius 3 is 2.20 bits per heavy atom. The molecule has 4 rings (SSSR count). The van der Waals surface area contributed by atoms with Crippen LogP contribution in [-0.2, 0) is 16.1 Å². The molecule has 6 nitrogen and oxygen atoms in total. The summed E-state index contributed by atoms with van der Waals surface area (Å²) in [5, 5.41) is 3.10. The van der Waals surface area contributed by atoms with Crippen molar-refractivity contribution in [1.29, 1.82) is 0 Å². The summed E-state index contributed by atoms with van der Waals surface area (Å²) in [5.74, 6) is 2.11. The number of carbonyl (C=O) groups is 2. The van der Waals surface area contributed by atoms with E-state index in [1.54, 1.807) is 0 Å². The van der Waals surface area contributed by atoms with Gasteiger partial charge in [-0.1, -0.05) is 51.1 Å². The van der Waals surface area contributed by atoms with Gasteiger partial charge in [-0.3, -0.25) is 14.5 Å². The zero-order valence-electron chi connectivity index (χ0n) is 21.5. The van der Waals surface area contributed by atoms with Gasteiger partial charge in [0.2, 0.25) is 11.8 Å². The van der Waals surface area contributed by atoms with Crippen molar-refractivity contribution in [2.24, 2.45) is 5.92 Å². The lowest BCUT2D eigenvalue weighted by Gasteiger charge is -2.54. The number of likely N-dealkylation sites (tertiary alicyclic amines) is 1. The molecular formula is C29H39N3O3. The van der Waals surface area contributed by atoms with Crippen LogP contribution >= 0.6 is 0 Å². The fraction of sp³-hybridized carbons (Fsp3) is 0.517. The topological polar surface area (TPSA) is 61.9 Å². The van der Waals surface area contributed by atoms with E-state index in [4.69, 9.17) is 4.74 Å². The van der Waals surface area contributed by atoms with E-state index in [0.29, 0.717) is 25.2 Å². The summed E-state index contributed by atoms with van der Waals surface area (Å²) in [6.45, 7) is 10.7. The Morgan fingerprint density at radius 1 is 0.971 bits per heavy atom. The van der Waals surface area contributed by atoms with Crippen LogP contribution in [0.3, 0.4) is 0 Å². The van der Waals surface area contributed by atoms with Crippen LogP contribution in [0.1, 0.15) is 58.9 Å². The molecule has 1 N–H and O–H groups in total. The van der Waals surface area contributed by atoms with Gasteiger partial charge in [-0.25, -0.2) is 0 Å². The van der Waals surface area contributed by atoms with Crippen LogP contribution in [0, 0.1) is 5.92 Å². The quantitative estimate of drug-likeness (QED) is 0.582. The molecule has 0 aliphatic carbocycles. The Bertz CT molecular complexity index is 998. The van der Waals surface area contributed by atoms with E-state index in [2.05, 4.69) is 50.0 Å². The zero-order chi connectivity index (χ0) is 25.0. The zero-order valence-corrected chi connectivity index (χ0v) is 21.5. The lowest BCUT2D eigenvalue weighted by Crippen LogP contribution is -2.74. The largest absolute Gasteiger partial charge is 0.457 e. The smallest absolute Gasteiger partial charge is 0.246 e. The van der Waals surface area contributed by atoms with Crippen molar-refractivity contribution in [1.82, 2.24) is 15.1 Å². The predicted octanol–water partition coefficient (Wildman–Crippen LogP) is 4.99. The molecule has 0 radical (unpaired) electrons. The molecule has 2 saturated heterocycles. The first-order chi connectivity index (χ1) is 16.8. The highest BCUT2D eigenvalue weighted by molar-refractivity contribution is 6.00. The van der Waals surface area contributed by atoms with E-state index in [0.717, 1.165) is 37.6 Å². The molecule has 1 spiro atoms. The monoisotopic (exact) mass is 477 g/mol. The Kier molecular flexibility index (Phi) is 7.80. The van der Waals surface area contributed by atoms with Gasteiger partial charge < -0.3 is 15.0 Å². The average molecular weight is 478 g/mol.